The van der Waals surface area contributed by atoms with Crippen LogP contribution in [0.3, 0.4) is 0 Å². The van der Waals surface area contributed by atoms with Crippen molar-refractivity contribution in [1.82, 2.24) is 15.2 Å². The molecule has 138 valence electrons. The van der Waals surface area contributed by atoms with Gasteiger partial charge in [0.15, 0.2) is 5.82 Å². The summed E-state index contributed by atoms with van der Waals surface area (Å²) in [6.07, 6.45) is -4.55. The fourth-order valence-electron chi connectivity index (χ4n) is 2.28. The zero-order chi connectivity index (χ0) is 19.4. The molecule has 0 saturated heterocycles. The Bertz CT molecular complexity index is 941. The lowest BCUT2D eigenvalue weighted by molar-refractivity contribution is -0.137. The second kappa shape index (κ2) is 7.48. The average Bonchev–Trinajstić information content (AvgIpc) is 2.62. The third-order valence-corrected chi connectivity index (χ3v) is 3.55. The quantitative estimate of drug-likeness (QED) is 0.554. The van der Waals surface area contributed by atoms with Gasteiger partial charge in [0.25, 0.3) is 0 Å². The second-order valence-corrected chi connectivity index (χ2v) is 5.56. The van der Waals surface area contributed by atoms with Crippen molar-refractivity contribution in [3.63, 3.8) is 0 Å². The van der Waals surface area contributed by atoms with Gasteiger partial charge < -0.3 is 5.32 Å². The van der Waals surface area contributed by atoms with Crippen LogP contribution in [0.5, 0.6) is 0 Å². The molecule has 0 fully saturated rings. The predicted molar refractivity (Wildman–Crippen MR) is 89.0 cm³/mol. The Morgan fingerprint density at radius 1 is 0.963 bits per heavy atom. The van der Waals surface area contributed by atoms with Gasteiger partial charge >= 0.3 is 6.18 Å². The maximum Gasteiger partial charge on any atom is 0.416 e. The lowest BCUT2D eigenvalue weighted by atomic mass is 10.1. The van der Waals surface area contributed by atoms with Crippen LogP contribution >= 0.6 is 0 Å². The predicted octanol–water partition coefficient (Wildman–Crippen LogP) is 3.88. The van der Waals surface area contributed by atoms with Crippen LogP contribution in [-0.4, -0.2) is 21.1 Å². The number of benzene rings is 1. The summed E-state index contributed by atoms with van der Waals surface area (Å²) in [5.41, 5.74) is 0.321. The molecule has 2 heterocycles. The Labute approximate surface area is 151 Å². The Balaban J connectivity index is 1.65. The molecule has 1 aromatic carbocycles. The molecule has 0 aliphatic heterocycles. The molecule has 27 heavy (non-hydrogen) atoms. The van der Waals surface area contributed by atoms with Gasteiger partial charge in [0, 0.05) is 5.56 Å². The summed E-state index contributed by atoms with van der Waals surface area (Å²) in [6, 6.07) is 11.6. The minimum Gasteiger partial charge on any atom is -0.309 e. The normalized spacial score (nSPS) is 11.3. The van der Waals surface area contributed by atoms with Gasteiger partial charge in [0.1, 0.15) is 0 Å². The number of hydrogen-bond donors (Lipinski definition) is 1. The fourth-order valence-corrected chi connectivity index (χ4v) is 2.28. The zero-order valence-electron chi connectivity index (χ0n) is 13.7. The summed E-state index contributed by atoms with van der Waals surface area (Å²) in [7, 11) is 0. The van der Waals surface area contributed by atoms with E-state index in [0.29, 0.717) is 11.3 Å². The third-order valence-electron chi connectivity index (χ3n) is 3.55. The Hall–Kier alpha value is -3.36. The molecule has 0 radical (unpaired) electrons. The van der Waals surface area contributed by atoms with Gasteiger partial charge in [-0.15, -0.1) is 10.2 Å². The van der Waals surface area contributed by atoms with Crippen molar-refractivity contribution >= 4 is 11.7 Å². The first-order chi connectivity index (χ1) is 12.8. The van der Waals surface area contributed by atoms with E-state index < -0.39 is 23.6 Å². The minimum atomic E-state index is -4.41. The van der Waals surface area contributed by atoms with Gasteiger partial charge in [-0.05, 0) is 36.4 Å². The number of anilines is 1. The van der Waals surface area contributed by atoms with Crippen LogP contribution in [-0.2, 0) is 17.4 Å². The average molecular weight is 376 g/mol. The SMILES string of the molecule is O=C(Cc1cccc(F)n1)Nc1ccc(-c2ccc(C(F)(F)F)cc2)nn1. The first-order valence-corrected chi connectivity index (χ1v) is 7.74. The lowest BCUT2D eigenvalue weighted by Gasteiger charge is -2.08. The van der Waals surface area contributed by atoms with Gasteiger partial charge in [-0.1, -0.05) is 18.2 Å². The van der Waals surface area contributed by atoms with Crippen molar-refractivity contribution in [2.45, 2.75) is 12.6 Å². The molecule has 0 bridgehead atoms. The van der Waals surface area contributed by atoms with Crippen LogP contribution in [0.15, 0.2) is 54.6 Å². The van der Waals surface area contributed by atoms with Crippen molar-refractivity contribution in [3.05, 3.63) is 71.8 Å². The molecule has 0 atom stereocenters. The minimum absolute atomic E-state index is 0.139. The van der Waals surface area contributed by atoms with E-state index in [2.05, 4.69) is 20.5 Å². The highest BCUT2D eigenvalue weighted by Crippen LogP contribution is 2.30. The molecule has 1 N–H and O–H groups in total. The molecule has 0 aliphatic carbocycles. The van der Waals surface area contributed by atoms with E-state index in [4.69, 9.17) is 0 Å². The molecule has 9 heteroatoms. The molecular weight excluding hydrogens is 364 g/mol. The number of alkyl halides is 3. The highest BCUT2D eigenvalue weighted by atomic mass is 19.4. The molecule has 3 aromatic rings. The third kappa shape index (κ3) is 4.84. The molecule has 0 saturated carbocycles. The van der Waals surface area contributed by atoms with Gasteiger partial charge in [-0.25, -0.2) is 4.98 Å². The van der Waals surface area contributed by atoms with E-state index >= 15 is 0 Å². The Kier molecular flexibility index (Phi) is 5.11. The molecule has 1 amide bonds. The molecule has 0 spiro atoms. The van der Waals surface area contributed by atoms with Crippen LogP contribution in [0.2, 0.25) is 0 Å². The highest BCUT2D eigenvalue weighted by molar-refractivity contribution is 5.91. The van der Waals surface area contributed by atoms with Crippen LogP contribution in [0.4, 0.5) is 23.4 Å². The van der Waals surface area contributed by atoms with Crippen LogP contribution in [0, 0.1) is 5.95 Å². The maximum absolute atomic E-state index is 13.0. The number of hydrogen-bond acceptors (Lipinski definition) is 4. The largest absolute Gasteiger partial charge is 0.416 e. The Morgan fingerprint density at radius 2 is 1.70 bits per heavy atom. The topological polar surface area (TPSA) is 67.8 Å². The van der Waals surface area contributed by atoms with Crippen molar-refractivity contribution < 1.29 is 22.4 Å². The van der Waals surface area contributed by atoms with Crippen LogP contribution in [0.1, 0.15) is 11.3 Å². The summed E-state index contributed by atoms with van der Waals surface area (Å²) in [5.74, 6) is -0.974. The highest BCUT2D eigenvalue weighted by Gasteiger charge is 2.30. The molecular formula is C18H12F4N4O. The van der Waals surface area contributed by atoms with E-state index in [9.17, 15) is 22.4 Å². The maximum atomic E-state index is 13.0. The second-order valence-electron chi connectivity index (χ2n) is 5.56. The molecule has 2 aromatic heterocycles. The van der Waals surface area contributed by atoms with Gasteiger partial charge in [-0.3, -0.25) is 4.79 Å². The summed E-state index contributed by atoms with van der Waals surface area (Å²) >= 11 is 0. The molecule has 0 aliphatic rings. The van der Waals surface area contributed by atoms with Crippen molar-refractivity contribution in [2.75, 3.05) is 5.32 Å². The fraction of sp³-hybridized carbons (Fsp3) is 0.111. The van der Waals surface area contributed by atoms with Gasteiger partial charge in [0.2, 0.25) is 11.9 Å². The van der Waals surface area contributed by atoms with E-state index in [1.807, 2.05) is 0 Å². The van der Waals surface area contributed by atoms with Crippen LogP contribution in [0.25, 0.3) is 11.3 Å². The summed E-state index contributed by atoms with van der Waals surface area (Å²) in [6.45, 7) is 0. The van der Waals surface area contributed by atoms with Gasteiger partial charge in [-0.2, -0.15) is 17.6 Å². The van der Waals surface area contributed by atoms with Gasteiger partial charge in [0.05, 0.1) is 23.4 Å². The Morgan fingerprint density at radius 3 is 2.30 bits per heavy atom. The number of aromatic nitrogens is 3. The van der Waals surface area contributed by atoms with E-state index in [1.165, 1.54) is 42.5 Å². The van der Waals surface area contributed by atoms with E-state index in [-0.39, 0.29) is 17.9 Å². The number of amides is 1. The number of nitrogens with zero attached hydrogens (tertiary/aromatic N) is 3. The number of carbonyl (C=O) groups excluding carboxylic acids is 1. The zero-order valence-corrected chi connectivity index (χ0v) is 13.7. The number of nitrogens with one attached hydrogen (secondary N) is 1. The van der Waals surface area contributed by atoms with E-state index in [1.54, 1.807) is 0 Å². The summed E-state index contributed by atoms with van der Waals surface area (Å²) < 4.78 is 50.8. The summed E-state index contributed by atoms with van der Waals surface area (Å²) in [5, 5.41) is 10.2. The molecule has 0 unspecified atom stereocenters. The first kappa shape index (κ1) is 18.4. The van der Waals surface area contributed by atoms with Crippen molar-refractivity contribution in [1.29, 1.82) is 0 Å². The number of rotatable bonds is 4. The van der Waals surface area contributed by atoms with E-state index in [0.717, 1.165) is 12.1 Å². The first-order valence-electron chi connectivity index (χ1n) is 7.74. The van der Waals surface area contributed by atoms with Crippen molar-refractivity contribution in [3.8, 4) is 11.3 Å². The molecule has 5 nitrogen and oxygen atoms in total. The lowest BCUT2D eigenvalue weighted by Crippen LogP contribution is -2.16. The standard InChI is InChI=1S/C18H12F4N4O/c19-15-3-1-2-13(23-15)10-17(27)24-16-9-8-14(25-26-16)11-4-6-12(7-5-11)18(20,21)22/h1-9H,10H2,(H,24,26,27). The molecule has 3 rings (SSSR count). The monoisotopic (exact) mass is 376 g/mol. The number of pyridine rings is 1. The van der Waals surface area contributed by atoms with Crippen LogP contribution < -0.4 is 5.32 Å². The summed E-state index contributed by atoms with van der Waals surface area (Å²) in [4.78, 5) is 15.5. The smallest absolute Gasteiger partial charge is 0.309 e. The van der Waals surface area contributed by atoms with Crippen molar-refractivity contribution in [2.24, 2.45) is 0 Å². The number of carbonyl (C=O) groups is 1. The number of halogens is 4.